The van der Waals surface area contributed by atoms with Crippen LogP contribution in [-0.4, -0.2) is 298 Å². The predicted octanol–water partition coefficient (Wildman–Crippen LogP) is 4.25. The molecule has 716 valence electrons. The van der Waals surface area contributed by atoms with Crippen molar-refractivity contribution < 1.29 is 114 Å². The Kier molecular flexibility index (Phi) is 38.5. The number of benzene rings is 3. The van der Waals surface area contributed by atoms with Gasteiger partial charge in [0.25, 0.3) is 5.56 Å². The Hall–Kier alpha value is -9.75. The Morgan fingerprint density at radius 3 is 1.74 bits per heavy atom. The Morgan fingerprint density at radius 1 is 0.626 bits per heavy atom. The summed E-state index contributed by atoms with van der Waals surface area (Å²) < 4.78 is 96.6. The lowest BCUT2D eigenvalue weighted by Crippen LogP contribution is -2.65. The first-order valence-corrected chi connectivity index (χ1v) is 45.7. The van der Waals surface area contributed by atoms with E-state index < -0.39 is 71.2 Å². The quantitative estimate of drug-likeness (QED) is 0.0207. The number of nitrogens with one attached hydrogen (secondary N) is 5. The van der Waals surface area contributed by atoms with Crippen LogP contribution in [0.2, 0.25) is 0 Å². The summed E-state index contributed by atoms with van der Waals surface area (Å²) in [5, 5.41) is 35.2. The standard InChI is InChI=1S/C93H128FN13O24/c1-6-93(117)70-51-76-84-68(57-107(76)90(115)69(70)58-131-91(93)116)82-72(19-18-65-62(4)71(94)52-74(99-84)81(65)82)98-78(109)55-97-88(113)73(16-11-12-23-95)100-89(114)83(61(2)3)101-77(108)21-25-118-27-29-120-31-33-122-35-37-124-39-41-126-43-45-128-47-49-130-50-48-129-46-44-127-42-40-125-38-36-123-34-32-121-30-28-119-26-22-79(110)105-59-92(60-105)53-64(54-92)87(112)96-24-20-80(111)106-56-63-13-7-8-14-66(63)85-86(104(5)103-102-85)67-15-9-10-17-75(67)106/h7-10,13-15,17,51-52,61,64,72-73,83,117H,6,11-12,16,18-50,53-60,95H2,1-5H3,(H,96,112)(H,97,113)(H,98,109)(H,100,114)(H,101,108)/t72-,73-,83-,93-/m0/s1. The van der Waals surface area contributed by atoms with Gasteiger partial charge in [0.15, 0.2) is 5.60 Å². The summed E-state index contributed by atoms with van der Waals surface area (Å²) in [5.41, 5.74) is 12.1. The second-order valence-electron chi connectivity index (χ2n) is 33.7. The largest absolute Gasteiger partial charge is 0.458 e. The number of cyclic esters (lactones) is 1. The van der Waals surface area contributed by atoms with Crippen LogP contribution in [0.15, 0.2) is 65.5 Å². The smallest absolute Gasteiger partial charge is 0.343 e. The number of fused-ring (bicyclic) bond motifs is 10. The second kappa shape index (κ2) is 50.4. The fourth-order valence-corrected chi connectivity index (χ4v) is 17.3. The van der Waals surface area contributed by atoms with Gasteiger partial charge in [-0.25, -0.2) is 18.9 Å². The van der Waals surface area contributed by atoms with Crippen molar-refractivity contribution in [1.29, 1.82) is 0 Å². The number of aliphatic hydroxyl groups is 1. The molecule has 2 aliphatic carbocycles. The molecule has 8 N–H and O–H groups in total. The molecular formula is C93H128FN13O24. The molecular weight excluding hydrogens is 1700 g/mol. The lowest BCUT2D eigenvalue weighted by atomic mass is 9.57. The number of aromatic nitrogens is 5. The number of nitrogens with two attached hydrogens (primary N) is 1. The molecule has 131 heavy (non-hydrogen) atoms. The summed E-state index contributed by atoms with van der Waals surface area (Å²) in [6.07, 6.45) is 3.76. The number of anilines is 1. The normalized spacial score (nSPS) is 16.7. The monoisotopic (exact) mass is 1830 g/mol. The third-order valence-electron chi connectivity index (χ3n) is 24.3. The number of carbonyl (C=O) groups is 8. The minimum Gasteiger partial charge on any atom is -0.458 e. The molecule has 0 bridgehead atoms. The van der Waals surface area contributed by atoms with Crippen molar-refractivity contribution in [3.63, 3.8) is 0 Å². The van der Waals surface area contributed by atoms with E-state index in [-0.39, 0.29) is 118 Å². The minimum absolute atomic E-state index is 0.0165. The number of para-hydroxylation sites is 1. The van der Waals surface area contributed by atoms with E-state index in [0.717, 1.165) is 52.2 Å². The van der Waals surface area contributed by atoms with Gasteiger partial charge in [0, 0.05) is 84.6 Å². The number of pyridine rings is 2. The minimum atomic E-state index is -2.06. The molecule has 3 aromatic carbocycles. The molecule has 1 spiro atoms. The van der Waals surface area contributed by atoms with E-state index in [1.54, 1.807) is 43.3 Å². The number of esters is 1. The molecule has 7 amide bonds. The third kappa shape index (κ3) is 26.8. The van der Waals surface area contributed by atoms with Gasteiger partial charge in [0.05, 0.1) is 238 Å². The predicted molar refractivity (Wildman–Crippen MR) is 475 cm³/mol. The van der Waals surface area contributed by atoms with Gasteiger partial charge >= 0.3 is 5.97 Å². The number of hydrogen-bond donors (Lipinski definition) is 7. The SMILES string of the molecule is CC[C@@]1(O)C(=O)OCc2c1cc1n(c2=O)Cc2c-1nc1cc(F)c(C)c3c1c2[C@@H](NC(=O)CNC(=O)[C@H](CCCCN)NC(=O)[C@@H](NC(=O)CCOCCOCCOCCOCCOCCOCCOCCOCCOCCOCCOCCOCCOCCC(=O)N1CC2(CC(C(=O)NCCC(=O)N4Cc5ccccc5-c5nnn(C)c5-c5ccccc54)C2)C1)C(C)C)CC3. The van der Waals surface area contributed by atoms with Gasteiger partial charge < -0.3 is 118 Å². The van der Waals surface area contributed by atoms with Crippen LogP contribution in [0.25, 0.3) is 44.8 Å². The molecule has 1 saturated heterocycles. The first-order valence-electron chi connectivity index (χ1n) is 45.7. The fourth-order valence-electron chi connectivity index (χ4n) is 17.3. The average Bonchev–Trinajstić information content (AvgIpc) is 1.54. The fraction of sp³-hybridized carbons (Fsp3) is 0.613. The van der Waals surface area contributed by atoms with Crippen molar-refractivity contribution in [2.45, 2.75) is 142 Å². The maximum Gasteiger partial charge on any atom is 0.343 e. The van der Waals surface area contributed by atoms with Crippen LogP contribution >= 0.6 is 0 Å². The number of nitrogens with zero attached hydrogens (tertiary/aromatic N) is 7. The van der Waals surface area contributed by atoms with Crippen LogP contribution in [-0.2, 0) is 143 Å². The molecule has 12 rings (SSSR count). The summed E-state index contributed by atoms with van der Waals surface area (Å²) in [6.45, 7) is 18.1. The molecule has 0 radical (unpaired) electrons. The van der Waals surface area contributed by atoms with E-state index in [4.69, 9.17) is 77.0 Å². The summed E-state index contributed by atoms with van der Waals surface area (Å²) in [6, 6.07) is 15.9. The van der Waals surface area contributed by atoms with E-state index in [2.05, 4.69) is 36.9 Å². The maximum absolute atomic E-state index is 15.5. The zero-order valence-electron chi connectivity index (χ0n) is 75.9. The molecule has 1 saturated carbocycles. The second-order valence-corrected chi connectivity index (χ2v) is 33.7. The third-order valence-corrected chi connectivity index (χ3v) is 24.3. The zero-order valence-corrected chi connectivity index (χ0v) is 75.9. The van der Waals surface area contributed by atoms with Crippen LogP contribution in [0, 0.1) is 30.0 Å². The zero-order chi connectivity index (χ0) is 92.7. The Balaban J connectivity index is 0.392. The molecule has 4 aliphatic heterocycles. The van der Waals surface area contributed by atoms with E-state index in [9.17, 15) is 48.3 Å². The van der Waals surface area contributed by atoms with Crippen LogP contribution in [0.4, 0.5) is 10.1 Å². The van der Waals surface area contributed by atoms with Crippen molar-refractivity contribution >= 4 is 63.9 Å². The number of rotatable bonds is 59. The van der Waals surface area contributed by atoms with Gasteiger partial charge in [-0.3, -0.25) is 38.4 Å². The first-order chi connectivity index (χ1) is 63.6. The summed E-state index contributed by atoms with van der Waals surface area (Å²) in [5.74, 6) is -4.14. The molecule has 4 atom stereocenters. The molecule has 38 heteroatoms. The number of unbranched alkanes of at least 4 members (excludes halogenated alkanes) is 1. The number of likely N-dealkylation sites (tertiary alicyclic amines) is 1. The van der Waals surface area contributed by atoms with Gasteiger partial charge in [0.1, 0.15) is 30.2 Å². The number of ether oxygens (including phenoxy) is 14. The van der Waals surface area contributed by atoms with Gasteiger partial charge in [-0.1, -0.05) is 68.4 Å². The van der Waals surface area contributed by atoms with Gasteiger partial charge in [0.2, 0.25) is 41.4 Å². The lowest BCUT2D eigenvalue weighted by molar-refractivity contribution is -0.172. The highest BCUT2D eigenvalue weighted by Crippen LogP contribution is 2.52. The van der Waals surface area contributed by atoms with E-state index >= 15 is 4.39 Å². The van der Waals surface area contributed by atoms with Crippen molar-refractivity contribution in [2.75, 3.05) is 209 Å². The maximum atomic E-state index is 15.5. The van der Waals surface area contributed by atoms with Crippen LogP contribution in [0.1, 0.15) is 130 Å². The molecule has 6 aliphatic rings. The van der Waals surface area contributed by atoms with E-state index in [0.29, 0.717) is 243 Å². The van der Waals surface area contributed by atoms with Crippen molar-refractivity contribution in [3.05, 3.63) is 116 Å². The Bertz CT molecular complexity index is 4900. The van der Waals surface area contributed by atoms with Crippen molar-refractivity contribution in [2.24, 2.45) is 30.0 Å². The Morgan fingerprint density at radius 2 is 1.18 bits per heavy atom. The average molecular weight is 1830 g/mol. The summed E-state index contributed by atoms with van der Waals surface area (Å²) >= 11 is 0. The van der Waals surface area contributed by atoms with Gasteiger partial charge in [-0.15, -0.1) is 5.10 Å². The molecule has 6 aromatic rings. The number of aryl methyl sites for hydroxylation is 2. The molecule has 37 nitrogen and oxygen atoms in total. The number of carbonyl (C=O) groups excluding carboxylic acids is 8. The summed E-state index contributed by atoms with van der Waals surface area (Å²) in [7, 11) is 1.85. The van der Waals surface area contributed by atoms with Gasteiger partial charge in [-0.2, -0.15) is 0 Å². The highest BCUT2D eigenvalue weighted by Gasteiger charge is 2.55. The Labute approximate surface area is 761 Å². The first kappa shape index (κ1) is 100. The number of halogens is 1. The topological polar surface area (TPSA) is 444 Å². The number of hydrogen-bond acceptors (Lipinski definition) is 28. The molecule has 7 heterocycles. The van der Waals surface area contributed by atoms with E-state index in [1.165, 1.54) is 10.6 Å². The van der Waals surface area contributed by atoms with Gasteiger partial charge in [-0.05, 0) is 105 Å². The van der Waals surface area contributed by atoms with Crippen LogP contribution < -0.4 is 42.8 Å². The molecule has 2 fully saturated rings. The molecule has 0 unspecified atom stereocenters. The van der Waals surface area contributed by atoms with E-state index in [1.807, 2.05) is 60.5 Å². The lowest BCUT2D eigenvalue weighted by Gasteiger charge is -2.58. The van der Waals surface area contributed by atoms with Crippen molar-refractivity contribution in [3.8, 4) is 33.9 Å². The highest BCUT2D eigenvalue weighted by atomic mass is 19.1. The number of amides is 7. The van der Waals surface area contributed by atoms with Crippen LogP contribution in [0.3, 0.4) is 0 Å². The molecule has 3 aromatic heterocycles. The van der Waals surface area contributed by atoms with Crippen molar-refractivity contribution in [1.82, 2.24) is 56.0 Å². The highest BCUT2D eigenvalue weighted by molar-refractivity contribution is 6.01. The summed E-state index contributed by atoms with van der Waals surface area (Å²) in [4.78, 5) is 130. The van der Waals surface area contributed by atoms with Crippen LogP contribution in [0.5, 0.6) is 0 Å².